The second kappa shape index (κ2) is 12.0. The van der Waals surface area contributed by atoms with E-state index in [0.717, 1.165) is 16.8 Å². The number of rotatable bonds is 8. The van der Waals surface area contributed by atoms with Crippen molar-refractivity contribution in [2.45, 2.75) is 18.4 Å². The third-order valence-electron chi connectivity index (χ3n) is 7.67. The molecule has 1 saturated heterocycles. The van der Waals surface area contributed by atoms with Crippen LogP contribution < -0.4 is 5.32 Å². The molecule has 12 heteroatoms. The van der Waals surface area contributed by atoms with Crippen molar-refractivity contribution in [2.75, 3.05) is 31.5 Å². The van der Waals surface area contributed by atoms with Crippen molar-refractivity contribution in [3.63, 3.8) is 0 Å². The lowest BCUT2D eigenvalue weighted by Crippen LogP contribution is -2.48. The molecule has 0 bridgehead atoms. The van der Waals surface area contributed by atoms with Crippen LogP contribution in [0.1, 0.15) is 12.6 Å². The van der Waals surface area contributed by atoms with Gasteiger partial charge in [-0.15, -0.1) is 0 Å². The Morgan fingerprint density at radius 2 is 1.59 bits per heavy atom. The van der Waals surface area contributed by atoms with Crippen LogP contribution in [0.3, 0.4) is 0 Å². The number of nitro benzene ring substituents is 1. The van der Waals surface area contributed by atoms with Crippen molar-refractivity contribution in [2.24, 2.45) is 0 Å². The molecule has 6 rings (SSSR count). The van der Waals surface area contributed by atoms with Gasteiger partial charge in [0.05, 0.1) is 21.2 Å². The Hall–Kier alpha value is -4.91. The largest absolute Gasteiger partial charge is 0.326 e. The molecule has 224 valence electrons. The molecule has 0 spiro atoms. The highest BCUT2D eigenvalue weighted by molar-refractivity contribution is 7.89. The first kappa shape index (κ1) is 29.2. The number of benzene rings is 3. The number of amides is 1. The molecule has 0 unspecified atom stereocenters. The van der Waals surface area contributed by atoms with Crippen molar-refractivity contribution in [1.82, 2.24) is 18.6 Å². The lowest BCUT2D eigenvalue weighted by Gasteiger charge is -2.34. The van der Waals surface area contributed by atoms with Crippen LogP contribution in [0.25, 0.3) is 28.0 Å². The summed E-state index contributed by atoms with van der Waals surface area (Å²) < 4.78 is 30.2. The minimum absolute atomic E-state index is 0.0144. The molecule has 0 radical (unpaired) electrons. The van der Waals surface area contributed by atoms with Crippen LogP contribution in [0, 0.1) is 10.1 Å². The number of hydrogen-bond acceptors (Lipinski definition) is 7. The van der Waals surface area contributed by atoms with Crippen LogP contribution in [0.2, 0.25) is 0 Å². The Morgan fingerprint density at radius 1 is 0.886 bits per heavy atom. The third kappa shape index (κ3) is 5.95. The average Bonchev–Trinajstić information content (AvgIpc) is 3.39. The Bertz CT molecular complexity index is 1950. The first-order valence-electron chi connectivity index (χ1n) is 14.1. The van der Waals surface area contributed by atoms with Gasteiger partial charge in [0.2, 0.25) is 15.9 Å². The third-order valence-corrected chi connectivity index (χ3v) is 9.58. The fourth-order valence-corrected chi connectivity index (χ4v) is 6.87. The number of aromatic nitrogens is 2. The predicted octanol–water partition coefficient (Wildman–Crippen LogP) is 5.04. The zero-order valence-electron chi connectivity index (χ0n) is 24.0. The van der Waals surface area contributed by atoms with Crippen molar-refractivity contribution >= 4 is 33.0 Å². The second-order valence-corrected chi connectivity index (χ2v) is 12.6. The molecule has 1 fully saturated rings. The van der Waals surface area contributed by atoms with Crippen LogP contribution in [-0.4, -0.2) is 64.0 Å². The topological polar surface area (TPSA) is 130 Å². The maximum absolute atomic E-state index is 13.4. The van der Waals surface area contributed by atoms with Crippen molar-refractivity contribution in [3.8, 4) is 22.4 Å². The Labute approximate surface area is 254 Å². The molecule has 1 N–H and O–H groups in total. The van der Waals surface area contributed by atoms with Gasteiger partial charge < -0.3 is 9.72 Å². The lowest BCUT2D eigenvalue weighted by molar-refractivity contribution is -0.384. The van der Waals surface area contributed by atoms with E-state index in [1.807, 2.05) is 59.1 Å². The summed E-state index contributed by atoms with van der Waals surface area (Å²) >= 11 is 0. The van der Waals surface area contributed by atoms with E-state index in [1.54, 1.807) is 18.2 Å². The molecule has 11 nitrogen and oxygen atoms in total. The predicted molar refractivity (Wildman–Crippen MR) is 167 cm³/mol. The van der Waals surface area contributed by atoms with E-state index in [0.29, 0.717) is 55.3 Å². The van der Waals surface area contributed by atoms with Crippen LogP contribution in [-0.2, 0) is 21.4 Å². The van der Waals surface area contributed by atoms with Crippen LogP contribution in [0.5, 0.6) is 0 Å². The molecule has 0 saturated carbocycles. The minimum Gasteiger partial charge on any atom is -0.326 e. The van der Waals surface area contributed by atoms with E-state index >= 15 is 0 Å². The van der Waals surface area contributed by atoms with E-state index < -0.39 is 14.9 Å². The molecule has 3 heterocycles. The molecule has 5 aromatic rings. The molecule has 1 amide bonds. The van der Waals surface area contributed by atoms with E-state index in [2.05, 4.69) is 10.2 Å². The molecule has 2 aromatic heterocycles. The van der Waals surface area contributed by atoms with E-state index in [4.69, 9.17) is 4.98 Å². The summed E-state index contributed by atoms with van der Waals surface area (Å²) in [5.41, 5.74) is 5.44. The first-order valence-corrected chi connectivity index (χ1v) is 15.5. The standard InChI is InChI=1S/C32H30N6O5S/c1-23(39)33-27-11-13-29(14-12-27)44(42,43)36-18-16-35(17-19-36)22-30-32(25-8-5-9-28(20-25)38(40)41)34-31-15-10-26(21-37(30)31)24-6-3-2-4-7-24/h2-15,20-21H,16-19,22H2,1H3,(H,33,39). The zero-order valence-corrected chi connectivity index (χ0v) is 24.8. The van der Waals surface area contributed by atoms with Gasteiger partial charge in [-0.25, -0.2) is 13.4 Å². The summed E-state index contributed by atoms with van der Waals surface area (Å²) in [5, 5.41) is 14.2. The summed E-state index contributed by atoms with van der Waals surface area (Å²) in [7, 11) is -3.72. The number of carbonyl (C=O) groups excluding carboxylic acids is 1. The van der Waals surface area contributed by atoms with Crippen molar-refractivity contribution in [3.05, 3.63) is 113 Å². The molecular weight excluding hydrogens is 580 g/mol. The van der Waals surface area contributed by atoms with Gasteiger partial charge in [-0.3, -0.25) is 19.8 Å². The van der Waals surface area contributed by atoms with Gasteiger partial charge in [0.15, 0.2) is 0 Å². The summed E-state index contributed by atoms with van der Waals surface area (Å²) in [5.74, 6) is -0.229. The van der Waals surface area contributed by atoms with Crippen molar-refractivity contribution < 1.29 is 18.1 Å². The summed E-state index contributed by atoms with van der Waals surface area (Å²) in [6.45, 7) is 3.44. The highest BCUT2D eigenvalue weighted by Crippen LogP contribution is 2.31. The van der Waals surface area contributed by atoms with Crippen LogP contribution in [0.15, 0.2) is 102 Å². The summed E-state index contributed by atoms with van der Waals surface area (Å²) in [4.78, 5) is 29.7. The minimum atomic E-state index is -3.72. The summed E-state index contributed by atoms with van der Waals surface area (Å²) in [6.07, 6.45) is 2.03. The molecule has 3 aromatic carbocycles. The normalized spacial score (nSPS) is 14.5. The molecule has 0 atom stereocenters. The number of fused-ring (bicyclic) bond motifs is 1. The second-order valence-electron chi connectivity index (χ2n) is 10.6. The lowest BCUT2D eigenvalue weighted by atomic mass is 10.1. The summed E-state index contributed by atoms with van der Waals surface area (Å²) in [6, 6.07) is 26.6. The van der Waals surface area contributed by atoms with Crippen LogP contribution >= 0.6 is 0 Å². The van der Waals surface area contributed by atoms with Gasteiger partial charge in [0.25, 0.3) is 5.69 Å². The number of non-ortho nitro benzene ring substituents is 1. The first-order chi connectivity index (χ1) is 21.2. The number of anilines is 1. The fourth-order valence-electron chi connectivity index (χ4n) is 5.45. The highest BCUT2D eigenvalue weighted by Gasteiger charge is 2.29. The maximum Gasteiger partial charge on any atom is 0.270 e. The average molecular weight is 611 g/mol. The van der Waals surface area contributed by atoms with Gasteiger partial charge in [-0.05, 0) is 47.5 Å². The number of imidazole rings is 1. The Kier molecular flexibility index (Phi) is 7.95. The smallest absolute Gasteiger partial charge is 0.270 e. The van der Waals surface area contributed by atoms with Gasteiger partial charge in [0, 0.05) is 69.2 Å². The number of nitro groups is 1. The zero-order chi connectivity index (χ0) is 30.8. The SMILES string of the molecule is CC(=O)Nc1ccc(S(=O)(=O)N2CCN(Cc3c(-c4cccc([N+](=O)[O-])c4)nc4ccc(-c5ccccc5)cn34)CC2)cc1. The van der Waals surface area contributed by atoms with Gasteiger partial charge in [-0.2, -0.15) is 4.31 Å². The van der Waals surface area contributed by atoms with Crippen LogP contribution in [0.4, 0.5) is 11.4 Å². The highest BCUT2D eigenvalue weighted by atomic mass is 32.2. The molecule has 1 aliphatic rings. The maximum atomic E-state index is 13.4. The van der Waals surface area contributed by atoms with E-state index in [1.165, 1.54) is 35.5 Å². The number of nitrogens with one attached hydrogen (secondary N) is 1. The number of pyridine rings is 1. The van der Waals surface area contributed by atoms with E-state index in [9.17, 15) is 23.3 Å². The van der Waals surface area contributed by atoms with Crippen molar-refractivity contribution in [1.29, 1.82) is 0 Å². The molecule has 0 aliphatic carbocycles. The Morgan fingerprint density at radius 3 is 2.27 bits per heavy atom. The number of carbonyl (C=O) groups is 1. The number of nitrogens with zero attached hydrogens (tertiary/aromatic N) is 5. The number of piperazine rings is 1. The van der Waals surface area contributed by atoms with Gasteiger partial charge in [-0.1, -0.05) is 42.5 Å². The quantitative estimate of drug-likeness (QED) is 0.192. The molecule has 44 heavy (non-hydrogen) atoms. The fraction of sp³-hybridized carbons (Fsp3) is 0.188. The number of sulfonamides is 1. The molecular formula is C32H30N6O5S. The number of hydrogen-bond donors (Lipinski definition) is 1. The Balaban J connectivity index is 1.28. The van der Waals surface area contributed by atoms with E-state index in [-0.39, 0.29) is 16.5 Å². The van der Waals surface area contributed by atoms with Gasteiger partial charge >= 0.3 is 0 Å². The monoisotopic (exact) mass is 610 g/mol. The molecule has 1 aliphatic heterocycles. The van der Waals surface area contributed by atoms with Gasteiger partial charge in [0.1, 0.15) is 5.65 Å².